The number of hydrogen-bond acceptors (Lipinski definition) is 8. The summed E-state index contributed by atoms with van der Waals surface area (Å²) in [5.41, 5.74) is 4.74. The maximum absolute atomic E-state index is 13.3. The molecule has 6 nitrogen and oxygen atoms in total. The zero-order chi connectivity index (χ0) is 25.4. The fraction of sp³-hybridized carbons (Fsp3) is 0.185. The molecule has 2 aromatic carbocycles. The number of anilines is 1. The SMILES string of the molecule is Cc1ccc(CSc2nnc(N3C(=O)C(=O)C(=C(O)c4cc(C)ccc4C)C3c3cccs3)s2)cc1. The molecular formula is C27H23N3O3S3. The molecule has 1 aliphatic heterocycles. The number of thioether (sulfide) groups is 1. The van der Waals surface area contributed by atoms with Crippen LogP contribution >= 0.6 is 34.4 Å². The Hall–Kier alpha value is -3.27. The molecule has 1 atom stereocenters. The van der Waals surface area contributed by atoms with E-state index in [0.717, 1.165) is 21.6 Å². The summed E-state index contributed by atoms with van der Waals surface area (Å²) in [5, 5.41) is 22.1. The van der Waals surface area contributed by atoms with Crippen molar-refractivity contribution in [3.8, 4) is 0 Å². The highest BCUT2D eigenvalue weighted by Crippen LogP contribution is 2.45. The summed E-state index contributed by atoms with van der Waals surface area (Å²) in [6.45, 7) is 5.84. The number of hydrogen-bond donors (Lipinski definition) is 1. The van der Waals surface area contributed by atoms with Crippen LogP contribution < -0.4 is 4.90 Å². The van der Waals surface area contributed by atoms with Crippen LogP contribution in [0.3, 0.4) is 0 Å². The van der Waals surface area contributed by atoms with Crippen molar-refractivity contribution in [2.75, 3.05) is 4.90 Å². The number of nitrogens with zero attached hydrogens (tertiary/aromatic N) is 3. The molecule has 5 rings (SSSR count). The Bertz CT molecular complexity index is 1470. The number of aryl methyl sites for hydroxylation is 3. The van der Waals surface area contributed by atoms with Gasteiger partial charge in [0, 0.05) is 16.2 Å². The molecule has 0 bridgehead atoms. The number of Topliss-reactive ketones (excluding diaryl/α,β-unsaturated/α-hetero) is 1. The lowest BCUT2D eigenvalue weighted by Crippen LogP contribution is -2.29. The maximum Gasteiger partial charge on any atom is 0.301 e. The van der Waals surface area contributed by atoms with Gasteiger partial charge in [-0.2, -0.15) is 0 Å². The van der Waals surface area contributed by atoms with E-state index in [0.29, 0.717) is 20.8 Å². The summed E-state index contributed by atoms with van der Waals surface area (Å²) >= 11 is 4.22. The molecule has 4 aromatic rings. The highest BCUT2D eigenvalue weighted by atomic mass is 32.2. The molecular weight excluding hydrogens is 511 g/mol. The molecule has 182 valence electrons. The predicted octanol–water partition coefficient (Wildman–Crippen LogP) is 6.44. The Labute approximate surface area is 221 Å². The van der Waals surface area contributed by atoms with Crippen molar-refractivity contribution in [1.82, 2.24) is 10.2 Å². The van der Waals surface area contributed by atoms with E-state index in [2.05, 4.69) is 34.5 Å². The average Bonchev–Trinajstić information content (AvgIpc) is 3.61. The van der Waals surface area contributed by atoms with Crippen LogP contribution in [0.2, 0.25) is 0 Å². The quantitative estimate of drug-likeness (QED) is 0.101. The second-order valence-electron chi connectivity index (χ2n) is 8.63. The third kappa shape index (κ3) is 4.61. The van der Waals surface area contributed by atoms with Crippen LogP contribution in [0.5, 0.6) is 0 Å². The van der Waals surface area contributed by atoms with Gasteiger partial charge in [0.1, 0.15) is 11.8 Å². The molecule has 0 spiro atoms. The van der Waals surface area contributed by atoms with Crippen molar-refractivity contribution in [2.45, 2.75) is 36.9 Å². The van der Waals surface area contributed by atoms with Crippen LogP contribution in [-0.4, -0.2) is 27.0 Å². The van der Waals surface area contributed by atoms with Gasteiger partial charge >= 0.3 is 5.91 Å². The predicted molar refractivity (Wildman–Crippen MR) is 146 cm³/mol. The number of ketones is 1. The van der Waals surface area contributed by atoms with Crippen LogP contribution in [-0.2, 0) is 15.3 Å². The second kappa shape index (κ2) is 10.0. The van der Waals surface area contributed by atoms with Crippen LogP contribution in [0.4, 0.5) is 5.13 Å². The minimum Gasteiger partial charge on any atom is -0.507 e. The zero-order valence-corrected chi connectivity index (χ0v) is 22.3. The van der Waals surface area contributed by atoms with Crippen LogP contribution in [0.15, 0.2) is 69.9 Å². The number of aliphatic hydroxyl groups excluding tert-OH is 1. The van der Waals surface area contributed by atoms with Gasteiger partial charge in [-0.25, -0.2) is 0 Å². The van der Waals surface area contributed by atoms with Gasteiger partial charge in [-0.3, -0.25) is 14.5 Å². The number of aromatic nitrogens is 2. The van der Waals surface area contributed by atoms with E-state index >= 15 is 0 Å². The maximum atomic E-state index is 13.3. The number of carbonyl (C=O) groups is 2. The highest BCUT2D eigenvalue weighted by Gasteiger charge is 2.49. The lowest BCUT2D eigenvalue weighted by molar-refractivity contribution is -0.132. The molecule has 0 aliphatic carbocycles. The molecule has 1 N–H and O–H groups in total. The number of aliphatic hydroxyl groups is 1. The molecule has 0 saturated carbocycles. The second-order valence-corrected chi connectivity index (χ2v) is 11.8. The van der Waals surface area contributed by atoms with Gasteiger partial charge in [0.25, 0.3) is 5.78 Å². The third-order valence-corrected chi connectivity index (χ3v) is 9.04. The molecule has 36 heavy (non-hydrogen) atoms. The molecule has 1 aliphatic rings. The van der Waals surface area contributed by atoms with E-state index in [9.17, 15) is 14.7 Å². The number of thiophene rings is 1. The Morgan fingerprint density at radius 1 is 1.03 bits per heavy atom. The van der Waals surface area contributed by atoms with Crippen LogP contribution in [0.25, 0.3) is 5.76 Å². The highest BCUT2D eigenvalue weighted by molar-refractivity contribution is 8.00. The van der Waals surface area contributed by atoms with Gasteiger partial charge < -0.3 is 5.11 Å². The lowest BCUT2D eigenvalue weighted by atomic mass is 9.96. The van der Waals surface area contributed by atoms with E-state index in [1.54, 1.807) is 0 Å². The van der Waals surface area contributed by atoms with Gasteiger partial charge in [0.2, 0.25) is 5.13 Å². The molecule has 1 saturated heterocycles. The minimum absolute atomic E-state index is 0.0696. The monoisotopic (exact) mass is 533 g/mol. The van der Waals surface area contributed by atoms with E-state index in [1.807, 2.05) is 56.5 Å². The molecule has 0 radical (unpaired) electrons. The molecule has 3 heterocycles. The first-order valence-electron chi connectivity index (χ1n) is 11.3. The Morgan fingerprint density at radius 2 is 1.78 bits per heavy atom. The first-order valence-corrected chi connectivity index (χ1v) is 14.0. The van der Waals surface area contributed by atoms with Crippen molar-refractivity contribution in [2.24, 2.45) is 0 Å². The average molecular weight is 534 g/mol. The fourth-order valence-corrected chi connectivity index (χ4v) is 6.72. The van der Waals surface area contributed by atoms with Crippen molar-refractivity contribution in [3.05, 3.63) is 98.2 Å². The molecule has 1 fully saturated rings. The Balaban J connectivity index is 1.52. The molecule has 2 aromatic heterocycles. The number of carbonyl (C=O) groups excluding carboxylic acids is 2. The van der Waals surface area contributed by atoms with Gasteiger partial charge in [0.15, 0.2) is 4.34 Å². The van der Waals surface area contributed by atoms with Gasteiger partial charge in [-0.1, -0.05) is 76.7 Å². The molecule has 9 heteroatoms. The zero-order valence-electron chi connectivity index (χ0n) is 19.9. The Morgan fingerprint density at radius 3 is 2.50 bits per heavy atom. The molecule has 1 unspecified atom stereocenters. The first-order chi connectivity index (χ1) is 17.3. The fourth-order valence-electron chi connectivity index (χ4n) is 4.07. The number of benzene rings is 2. The normalized spacial score (nSPS) is 17.2. The van der Waals surface area contributed by atoms with Crippen LogP contribution in [0, 0.1) is 20.8 Å². The summed E-state index contributed by atoms with van der Waals surface area (Å²) in [4.78, 5) is 28.7. The number of rotatable bonds is 6. The standard InChI is InChI=1S/C27H23N3O3S3/c1-15-7-10-18(11-8-15)14-35-27-29-28-26(36-27)30-22(20-5-4-12-34-20)21(24(32)25(30)33)23(31)19-13-16(2)6-9-17(19)3/h4-13,22,31H,14H2,1-3H3. The van der Waals surface area contributed by atoms with Crippen molar-refractivity contribution in [1.29, 1.82) is 0 Å². The number of amides is 1. The van der Waals surface area contributed by atoms with Crippen LogP contribution in [0.1, 0.15) is 38.7 Å². The van der Waals surface area contributed by atoms with E-state index < -0.39 is 17.7 Å². The summed E-state index contributed by atoms with van der Waals surface area (Å²) in [6, 6.07) is 16.9. The van der Waals surface area contributed by atoms with Crippen molar-refractivity contribution in [3.63, 3.8) is 0 Å². The molecule has 1 amide bonds. The Kier molecular flexibility index (Phi) is 6.79. The summed E-state index contributed by atoms with van der Waals surface area (Å²) < 4.78 is 0.701. The minimum atomic E-state index is -0.771. The van der Waals surface area contributed by atoms with Gasteiger partial charge in [0.05, 0.1) is 5.57 Å². The lowest BCUT2D eigenvalue weighted by Gasteiger charge is -2.21. The summed E-state index contributed by atoms with van der Waals surface area (Å²) in [6.07, 6.45) is 0. The largest absolute Gasteiger partial charge is 0.507 e. The summed E-state index contributed by atoms with van der Waals surface area (Å²) in [5.74, 6) is -0.898. The third-order valence-electron chi connectivity index (χ3n) is 5.99. The smallest absolute Gasteiger partial charge is 0.301 e. The van der Waals surface area contributed by atoms with Crippen molar-refractivity contribution >= 4 is 57.0 Å². The van der Waals surface area contributed by atoms with E-state index in [-0.39, 0.29) is 11.3 Å². The topological polar surface area (TPSA) is 83.4 Å². The van der Waals surface area contributed by atoms with Crippen molar-refractivity contribution < 1.29 is 14.7 Å². The van der Waals surface area contributed by atoms with E-state index in [4.69, 9.17) is 0 Å². The first kappa shape index (κ1) is 24.4. The summed E-state index contributed by atoms with van der Waals surface area (Å²) in [7, 11) is 0. The van der Waals surface area contributed by atoms with Gasteiger partial charge in [-0.05, 0) is 49.4 Å². The van der Waals surface area contributed by atoms with Gasteiger partial charge in [-0.15, -0.1) is 21.5 Å². The van der Waals surface area contributed by atoms with E-state index in [1.165, 1.54) is 44.9 Å².